The number of carbonyl (C=O) groups excluding carboxylic acids is 4. The van der Waals surface area contributed by atoms with Crippen molar-refractivity contribution in [3.05, 3.63) is 53.6 Å². The van der Waals surface area contributed by atoms with Gasteiger partial charge in [-0.15, -0.1) is 0 Å². The molecule has 4 rings (SSSR count). The number of benzene rings is 2. The summed E-state index contributed by atoms with van der Waals surface area (Å²) in [5.41, 5.74) is 3.06. The maximum Gasteiger partial charge on any atom is 0.415 e. The molecule has 1 unspecified atom stereocenters. The second kappa shape index (κ2) is 12.5. The van der Waals surface area contributed by atoms with Gasteiger partial charge in [0.1, 0.15) is 12.2 Å². The molecule has 11 heteroatoms. The average molecular weight is 567 g/mol. The first-order chi connectivity index (χ1) is 19.4. The number of carbonyl (C=O) groups is 4. The van der Waals surface area contributed by atoms with Crippen LogP contribution in [0.15, 0.2) is 42.5 Å². The van der Waals surface area contributed by atoms with Crippen LogP contribution in [0.5, 0.6) is 0 Å². The Labute approximate surface area is 240 Å². The van der Waals surface area contributed by atoms with Crippen LogP contribution in [0.1, 0.15) is 45.2 Å². The lowest BCUT2D eigenvalue weighted by Gasteiger charge is -2.36. The number of hydrogen-bond donors (Lipinski definition) is 1. The van der Waals surface area contributed by atoms with Crippen molar-refractivity contribution in [2.45, 2.75) is 59.4 Å². The molecule has 0 spiro atoms. The number of rotatable bonds is 7. The van der Waals surface area contributed by atoms with Gasteiger partial charge in [0, 0.05) is 44.0 Å². The van der Waals surface area contributed by atoms with E-state index in [-0.39, 0.29) is 25.0 Å². The van der Waals surface area contributed by atoms with E-state index in [0.717, 1.165) is 16.8 Å². The van der Waals surface area contributed by atoms with Crippen LogP contribution in [0.2, 0.25) is 0 Å². The molecule has 0 radical (unpaired) electrons. The lowest BCUT2D eigenvalue weighted by Crippen LogP contribution is -2.52. The summed E-state index contributed by atoms with van der Waals surface area (Å²) >= 11 is 0. The molecule has 2 aromatic rings. The zero-order valence-corrected chi connectivity index (χ0v) is 24.3. The van der Waals surface area contributed by atoms with Crippen LogP contribution in [0, 0.1) is 6.92 Å². The molecule has 1 atom stereocenters. The zero-order chi connectivity index (χ0) is 29.7. The molecular formula is C30H38N4O7. The Morgan fingerprint density at radius 2 is 1.78 bits per heavy atom. The number of piperazine rings is 1. The second-order valence-electron chi connectivity index (χ2n) is 11.1. The van der Waals surface area contributed by atoms with Crippen molar-refractivity contribution < 1.29 is 33.4 Å². The summed E-state index contributed by atoms with van der Waals surface area (Å²) in [4.78, 5) is 55.1. The molecular weight excluding hydrogens is 528 g/mol. The van der Waals surface area contributed by atoms with E-state index < -0.39 is 23.9 Å². The Morgan fingerprint density at radius 3 is 2.46 bits per heavy atom. The second-order valence-corrected chi connectivity index (χ2v) is 11.1. The van der Waals surface area contributed by atoms with E-state index >= 15 is 0 Å². The standard InChI is InChI=1S/C30H38N4O7/c1-6-26(35)39-19-21-8-7-9-23(16-21)32-12-14-33(15-13-32)27(36)25-18-34(29(38)40-25)24-17-22(11-10-20(24)2)31-28(37)41-30(3,4)5/h7-11,16-17,25H,6,12-15,18-19H2,1-5H3,(H,31,37). The normalized spacial score (nSPS) is 17.2. The van der Waals surface area contributed by atoms with Crippen molar-refractivity contribution in [1.82, 2.24) is 4.90 Å². The first-order valence-electron chi connectivity index (χ1n) is 13.8. The number of nitrogens with zero attached hydrogens (tertiary/aromatic N) is 3. The SMILES string of the molecule is CCC(=O)OCc1cccc(N2CCN(C(=O)C3CN(c4cc(NC(=O)OC(C)(C)C)ccc4C)C(=O)O3)CC2)c1. The van der Waals surface area contributed by atoms with E-state index in [1.165, 1.54) is 4.90 Å². The molecule has 2 aliphatic rings. The van der Waals surface area contributed by atoms with Gasteiger partial charge in [-0.2, -0.15) is 0 Å². The van der Waals surface area contributed by atoms with Crippen LogP contribution >= 0.6 is 0 Å². The van der Waals surface area contributed by atoms with Gasteiger partial charge < -0.3 is 24.0 Å². The molecule has 0 bridgehead atoms. The van der Waals surface area contributed by atoms with Crippen molar-refractivity contribution in [2.75, 3.05) is 47.8 Å². The summed E-state index contributed by atoms with van der Waals surface area (Å²) in [6.45, 7) is 11.4. The van der Waals surface area contributed by atoms with Gasteiger partial charge in [0.15, 0.2) is 6.10 Å². The molecule has 2 saturated heterocycles. The van der Waals surface area contributed by atoms with Gasteiger partial charge in [0.25, 0.3) is 5.91 Å². The maximum atomic E-state index is 13.3. The number of aryl methyl sites for hydroxylation is 1. The summed E-state index contributed by atoms with van der Waals surface area (Å²) in [5.74, 6) is -0.476. The van der Waals surface area contributed by atoms with Crippen molar-refractivity contribution >= 4 is 41.1 Å². The minimum absolute atomic E-state index is 0.0765. The zero-order valence-electron chi connectivity index (χ0n) is 24.3. The Hall–Kier alpha value is -4.28. The number of esters is 1. The lowest BCUT2D eigenvalue weighted by atomic mass is 10.1. The highest BCUT2D eigenvalue weighted by Gasteiger charge is 2.40. The molecule has 2 aliphatic heterocycles. The minimum atomic E-state index is -0.924. The van der Waals surface area contributed by atoms with E-state index in [9.17, 15) is 19.2 Å². The molecule has 0 aliphatic carbocycles. The number of anilines is 3. The number of ether oxygens (including phenoxy) is 3. The van der Waals surface area contributed by atoms with E-state index in [1.54, 1.807) is 50.8 Å². The van der Waals surface area contributed by atoms with Crippen LogP contribution in [0.25, 0.3) is 0 Å². The quantitative estimate of drug-likeness (QED) is 0.385. The van der Waals surface area contributed by atoms with E-state index in [0.29, 0.717) is 44.0 Å². The Kier molecular flexibility index (Phi) is 9.05. The first kappa shape index (κ1) is 29.7. The highest BCUT2D eigenvalue weighted by Crippen LogP contribution is 2.29. The largest absolute Gasteiger partial charge is 0.461 e. The fourth-order valence-electron chi connectivity index (χ4n) is 4.69. The van der Waals surface area contributed by atoms with Crippen molar-refractivity contribution in [3.8, 4) is 0 Å². The van der Waals surface area contributed by atoms with Gasteiger partial charge in [-0.1, -0.05) is 25.1 Å². The summed E-state index contributed by atoms with van der Waals surface area (Å²) in [6.07, 6.45) is -1.80. The lowest BCUT2D eigenvalue weighted by molar-refractivity contribution is -0.144. The highest BCUT2D eigenvalue weighted by molar-refractivity contribution is 5.97. The molecule has 2 heterocycles. The van der Waals surface area contributed by atoms with E-state index in [1.807, 2.05) is 31.2 Å². The summed E-state index contributed by atoms with van der Waals surface area (Å²) in [5, 5.41) is 2.68. The van der Waals surface area contributed by atoms with Gasteiger partial charge in [-0.3, -0.25) is 19.8 Å². The minimum Gasteiger partial charge on any atom is -0.461 e. The molecule has 41 heavy (non-hydrogen) atoms. The van der Waals surface area contributed by atoms with Gasteiger partial charge in [-0.25, -0.2) is 9.59 Å². The van der Waals surface area contributed by atoms with Crippen LogP contribution < -0.4 is 15.1 Å². The fourth-order valence-corrected chi connectivity index (χ4v) is 4.69. The van der Waals surface area contributed by atoms with Gasteiger partial charge in [0.05, 0.1) is 12.2 Å². The van der Waals surface area contributed by atoms with Crippen LogP contribution in [0.4, 0.5) is 26.7 Å². The fraction of sp³-hybridized carbons (Fsp3) is 0.467. The highest BCUT2D eigenvalue weighted by atomic mass is 16.6. The molecule has 2 fully saturated rings. The third-order valence-corrected chi connectivity index (χ3v) is 6.79. The molecule has 3 amide bonds. The Morgan fingerprint density at radius 1 is 1.05 bits per heavy atom. The summed E-state index contributed by atoms with van der Waals surface area (Å²) in [6, 6.07) is 13.0. The van der Waals surface area contributed by atoms with E-state index in [2.05, 4.69) is 10.2 Å². The number of nitrogens with one attached hydrogen (secondary N) is 1. The molecule has 0 saturated carbocycles. The van der Waals surface area contributed by atoms with Gasteiger partial charge >= 0.3 is 18.2 Å². The molecule has 0 aromatic heterocycles. The van der Waals surface area contributed by atoms with Crippen LogP contribution in [-0.2, 0) is 30.4 Å². The molecule has 1 N–H and O–H groups in total. The topological polar surface area (TPSA) is 118 Å². The van der Waals surface area contributed by atoms with Gasteiger partial charge in [-0.05, 0) is 63.1 Å². The molecule has 11 nitrogen and oxygen atoms in total. The predicted octanol–water partition coefficient (Wildman–Crippen LogP) is 4.47. The predicted molar refractivity (Wildman–Crippen MR) is 154 cm³/mol. The number of amides is 3. The van der Waals surface area contributed by atoms with E-state index in [4.69, 9.17) is 14.2 Å². The maximum absolute atomic E-state index is 13.3. The Balaban J connectivity index is 1.34. The van der Waals surface area contributed by atoms with Crippen LogP contribution in [0.3, 0.4) is 0 Å². The van der Waals surface area contributed by atoms with Crippen LogP contribution in [-0.4, -0.2) is 73.4 Å². The van der Waals surface area contributed by atoms with Crippen molar-refractivity contribution in [1.29, 1.82) is 0 Å². The first-order valence-corrected chi connectivity index (χ1v) is 13.8. The van der Waals surface area contributed by atoms with Crippen molar-refractivity contribution in [3.63, 3.8) is 0 Å². The smallest absolute Gasteiger partial charge is 0.415 e. The third kappa shape index (κ3) is 7.68. The van der Waals surface area contributed by atoms with Gasteiger partial charge in [0.2, 0.25) is 0 Å². The Bertz CT molecular complexity index is 1300. The number of cyclic esters (lactones) is 1. The third-order valence-electron chi connectivity index (χ3n) is 6.79. The number of hydrogen-bond acceptors (Lipinski definition) is 8. The molecule has 2 aromatic carbocycles. The summed E-state index contributed by atoms with van der Waals surface area (Å²) < 4.78 is 16.1. The molecule has 220 valence electrons. The average Bonchev–Trinajstić information content (AvgIpc) is 3.32. The summed E-state index contributed by atoms with van der Waals surface area (Å²) in [7, 11) is 0. The monoisotopic (exact) mass is 566 g/mol. The van der Waals surface area contributed by atoms with Crippen molar-refractivity contribution in [2.24, 2.45) is 0 Å².